The summed E-state index contributed by atoms with van der Waals surface area (Å²) < 4.78 is 46.6. The molecule has 0 radical (unpaired) electrons. The molecule has 2 aromatic carbocycles. The zero-order valence-electron chi connectivity index (χ0n) is 20.7. The molecule has 36 heavy (non-hydrogen) atoms. The normalized spacial score (nSPS) is 22.2. The van der Waals surface area contributed by atoms with Crippen molar-refractivity contribution in [3.8, 4) is 5.75 Å². The number of halogens is 3. The summed E-state index contributed by atoms with van der Waals surface area (Å²) in [6, 6.07) is 14.3. The third kappa shape index (κ3) is 5.64. The van der Waals surface area contributed by atoms with Crippen LogP contribution < -0.4 is 10.5 Å². The summed E-state index contributed by atoms with van der Waals surface area (Å²) in [4.78, 5) is 2.26. The van der Waals surface area contributed by atoms with Crippen LogP contribution in [-0.4, -0.2) is 43.2 Å². The maximum Gasteiger partial charge on any atom is 0.251 e. The van der Waals surface area contributed by atoms with Crippen LogP contribution in [0.2, 0.25) is 0 Å². The highest BCUT2D eigenvalue weighted by Crippen LogP contribution is 2.43. The second kappa shape index (κ2) is 10.7. The average molecular weight is 497 g/mol. The largest absolute Gasteiger partial charge is 0.489 e. The smallest absolute Gasteiger partial charge is 0.251 e. The molecule has 192 valence electrons. The van der Waals surface area contributed by atoms with Gasteiger partial charge >= 0.3 is 0 Å². The molecule has 2 N–H and O–H groups in total. The van der Waals surface area contributed by atoms with E-state index in [0.29, 0.717) is 12.8 Å². The molecule has 1 saturated heterocycles. The average Bonchev–Trinajstić information content (AvgIpc) is 3.22. The number of fused-ring (bicyclic) bond motifs is 1. The molecule has 1 aliphatic heterocycles. The van der Waals surface area contributed by atoms with Gasteiger partial charge in [-0.1, -0.05) is 24.3 Å². The van der Waals surface area contributed by atoms with Gasteiger partial charge in [-0.3, -0.25) is 9.29 Å². The summed E-state index contributed by atoms with van der Waals surface area (Å²) in [5.74, 6) is -1.79. The van der Waals surface area contributed by atoms with E-state index < -0.39 is 5.92 Å². The lowest BCUT2D eigenvalue weighted by Gasteiger charge is -2.25. The summed E-state index contributed by atoms with van der Waals surface area (Å²) >= 11 is 0. The van der Waals surface area contributed by atoms with E-state index >= 15 is 0 Å². The Labute approximate surface area is 211 Å². The van der Waals surface area contributed by atoms with Gasteiger partial charge in [0.15, 0.2) is 0 Å². The second-order valence-corrected chi connectivity index (χ2v) is 10.3. The Balaban J connectivity index is 1.44. The van der Waals surface area contributed by atoms with Crippen molar-refractivity contribution in [1.82, 2.24) is 4.90 Å². The number of nitrogens with zero attached hydrogens (tertiary/aromatic N) is 1. The highest BCUT2D eigenvalue weighted by Gasteiger charge is 2.33. The number of aryl methyl sites for hydroxylation is 1. The van der Waals surface area contributed by atoms with Crippen LogP contribution in [0.5, 0.6) is 5.75 Å². The van der Waals surface area contributed by atoms with E-state index in [0.717, 1.165) is 79.0 Å². The molecule has 0 amide bonds. The fraction of sp³-hybridized carbons (Fsp3) is 0.467. The van der Waals surface area contributed by atoms with Crippen molar-refractivity contribution in [2.45, 2.75) is 63.4 Å². The van der Waals surface area contributed by atoms with Gasteiger partial charge in [0.2, 0.25) is 0 Å². The van der Waals surface area contributed by atoms with E-state index in [2.05, 4.69) is 23.1 Å². The van der Waals surface area contributed by atoms with Gasteiger partial charge in [-0.05, 0) is 96.2 Å². The Morgan fingerprint density at radius 2 is 1.89 bits per heavy atom. The second-order valence-electron chi connectivity index (χ2n) is 10.3. The zero-order chi connectivity index (χ0) is 25.1. The van der Waals surface area contributed by atoms with Gasteiger partial charge in [-0.15, -0.1) is 0 Å². The molecule has 0 aromatic heterocycles. The van der Waals surface area contributed by atoms with Gasteiger partial charge in [0.1, 0.15) is 11.9 Å². The maximum absolute atomic E-state index is 13.9. The molecule has 3 aliphatic rings. The number of ether oxygens (including phenoxy) is 1. The zero-order valence-corrected chi connectivity index (χ0v) is 20.7. The first-order valence-corrected chi connectivity index (χ1v) is 13.2. The first kappa shape index (κ1) is 24.9. The third-order valence-corrected chi connectivity index (χ3v) is 7.65. The van der Waals surface area contributed by atoms with Crippen LogP contribution in [0.1, 0.15) is 61.6 Å². The molecule has 5 rings (SSSR count). The molecular weight excluding hydrogens is 461 g/mol. The minimum atomic E-state index is -2.61. The number of hydrogen-bond donors (Lipinski definition) is 1. The summed E-state index contributed by atoms with van der Waals surface area (Å²) in [7, 11) is 0. The number of nitrogen functional groups attached to an aromatic ring is 1. The standard InChI is InChI=1S/C30H35F3N2O/c31-16-2-17-35-18-13-26(20-35)36-25-8-5-22(6-9-25)29-27(21-11-14-30(32,33)15-12-21)4-1-3-23-19-24(34)7-10-28(23)29/h5-11,19,26H,1-4,12-18,20,34H2. The van der Waals surface area contributed by atoms with Gasteiger partial charge in [0.05, 0.1) is 6.67 Å². The lowest BCUT2D eigenvalue weighted by atomic mass is 9.83. The van der Waals surface area contributed by atoms with E-state index in [1.165, 1.54) is 11.1 Å². The molecule has 6 heteroatoms. The van der Waals surface area contributed by atoms with Crippen molar-refractivity contribution in [1.29, 1.82) is 0 Å². The topological polar surface area (TPSA) is 38.5 Å². The SMILES string of the molecule is Nc1ccc2c(c1)CCCC(C1=CCC(F)(F)CC1)=C2c1ccc(OC2CCN(CCCF)C2)cc1. The van der Waals surface area contributed by atoms with E-state index in [4.69, 9.17) is 10.5 Å². The number of nitrogens with two attached hydrogens (primary N) is 1. The minimum absolute atomic E-state index is 0.0965. The van der Waals surface area contributed by atoms with E-state index in [9.17, 15) is 13.2 Å². The highest BCUT2D eigenvalue weighted by molar-refractivity contribution is 5.87. The summed E-state index contributed by atoms with van der Waals surface area (Å²) in [5.41, 5.74) is 13.6. The summed E-state index contributed by atoms with van der Waals surface area (Å²) in [6.07, 6.45) is 6.23. The minimum Gasteiger partial charge on any atom is -0.489 e. The Morgan fingerprint density at radius 3 is 2.64 bits per heavy atom. The predicted molar refractivity (Wildman–Crippen MR) is 139 cm³/mol. The van der Waals surface area contributed by atoms with E-state index in [1.807, 2.05) is 24.3 Å². The van der Waals surface area contributed by atoms with Crippen molar-refractivity contribution in [3.05, 3.63) is 76.4 Å². The summed E-state index contributed by atoms with van der Waals surface area (Å²) in [5, 5.41) is 0. The first-order chi connectivity index (χ1) is 17.4. The Morgan fingerprint density at radius 1 is 1.06 bits per heavy atom. The molecule has 0 bridgehead atoms. The first-order valence-electron chi connectivity index (χ1n) is 13.2. The number of likely N-dealkylation sites (tertiary alicyclic amines) is 1. The quantitative estimate of drug-likeness (QED) is 0.421. The molecule has 1 fully saturated rings. The highest BCUT2D eigenvalue weighted by atomic mass is 19.3. The lowest BCUT2D eigenvalue weighted by Crippen LogP contribution is -2.26. The van der Waals surface area contributed by atoms with Crippen molar-refractivity contribution in [2.75, 3.05) is 32.0 Å². The van der Waals surface area contributed by atoms with Gasteiger partial charge in [0, 0.05) is 38.2 Å². The van der Waals surface area contributed by atoms with Crippen LogP contribution in [0, 0.1) is 0 Å². The van der Waals surface area contributed by atoms with Crippen LogP contribution in [0.15, 0.2) is 59.7 Å². The van der Waals surface area contributed by atoms with E-state index in [-0.39, 0.29) is 25.6 Å². The predicted octanol–water partition coefficient (Wildman–Crippen LogP) is 6.97. The number of anilines is 1. The van der Waals surface area contributed by atoms with Crippen molar-refractivity contribution in [3.63, 3.8) is 0 Å². The molecule has 1 heterocycles. The molecule has 3 nitrogen and oxygen atoms in total. The number of hydrogen-bond acceptors (Lipinski definition) is 3. The van der Waals surface area contributed by atoms with Gasteiger partial charge in [-0.2, -0.15) is 0 Å². The van der Waals surface area contributed by atoms with E-state index in [1.54, 1.807) is 6.08 Å². The number of rotatable bonds is 7. The Bertz CT molecular complexity index is 1140. The third-order valence-electron chi connectivity index (χ3n) is 7.65. The van der Waals surface area contributed by atoms with Gasteiger partial charge in [0.25, 0.3) is 5.92 Å². The van der Waals surface area contributed by atoms with Crippen LogP contribution in [-0.2, 0) is 6.42 Å². The fourth-order valence-electron chi connectivity index (χ4n) is 5.80. The van der Waals surface area contributed by atoms with Gasteiger partial charge in [-0.25, -0.2) is 8.78 Å². The monoisotopic (exact) mass is 496 g/mol. The lowest BCUT2D eigenvalue weighted by molar-refractivity contribution is -0.00837. The van der Waals surface area contributed by atoms with Crippen LogP contribution in [0.3, 0.4) is 0 Å². The Hall–Kier alpha value is -2.73. The van der Waals surface area contributed by atoms with Crippen LogP contribution >= 0.6 is 0 Å². The molecule has 0 spiro atoms. The molecule has 2 aliphatic carbocycles. The fourth-order valence-corrected chi connectivity index (χ4v) is 5.80. The number of alkyl halides is 3. The van der Waals surface area contributed by atoms with Crippen molar-refractivity contribution >= 4 is 11.3 Å². The van der Waals surface area contributed by atoms with Crippen molar-refractivity contribution in [2.24, 2.45) is 0 Å². The molecule has 1 atom stereocenters. The van der Waals surface area contributed by atoms with Crippen molar-refractivity contribution < 1.29 is 17.9 Å². The maximum atomic E-state index is 13.9. The number of allylic oxidation sites excluding steroid dienone is 3. The van der Waals surface area contributed by atoms with Crippen LogP contribution in [0.4, 0.5) is 18.9 Å². The Kier molecular flexibility index (Phi) is 7.42. The van der Waals surface area contributed by atoms with Crippen LogP contribution in [0.25, 0.3) is 5.57 Å². The molecule has 2 aromatic rings. The summed E-state index contributed by atoms with van der Waals surface area (Å²) in [6.45, 7) is 2.26. The number of benzene rings is 2. The molecule has 1 unspecified atom stereocenters. The van der Waals surface area contributed by atoms with Gasteiger partial charge < -0.3 is 10.5 Å². The molecule has 0 saturated carbocycles. The molecular formula is C30H35F3N2O.